The van der Waals surface area contributed by atoms with E-state index < -0.39 is 0 Å². The fourth-order valence-corrected chi connectivity index (χ4v) is 4.51. The monoisotopic (exact) mass is 504 g/mol. The zero-order chi connectivity index (χ0) is 26.5. The van der Waals surface area contributed by atoms with Gasteiger partial charge in [0.2, 0.25) is 0 Å². The van der Waals surface area contributed by atoms with Crippen molar-refractivity contribution in [3.8, 4) is 11.4 Å². The Morgan fingerprint density at radius 2 is 1.50 bits per heavy atom. The minimum absolute atomic E-state index is 0.106. The van der Waals surface area contributed by atoms with Crippen molar-refractivity contribution < 1.29 is 13.9 Å². The lowest BCUT2D eigenvalue weighted by Crippen LogP contribution is -2.26. The van der Waals surface area contributed by atoms with Gasteiger partial charge in [-0.2, -0.15) is 0 Å². The van der Waals surface area contributed by atoms with Crippen LogP contribution in [0, 0.1) is 0 Å². The highest BCUT2D eigenvalue weighted by atomic mass is 16.5. The molecule has 38 heavy (non-hydrogen) atoms. The van der Waals surface area contributed by atoms with E-state index in [9.17, 15) is 4.79 Å². The third-order valence-corrected chi connectivity index (χ3v) is 6.98. The average Bonchev–Trinajstić information content (AvgIpc) is 3.66. The molecule has 0 aliphatic carbocycles. The molecule has 3 aromatic carbocycles. The summed E-state index contributed by atoms with van der Waals surface area (Å²) in [6.45, 7) is 6.63. The smallest absolute Gasteiger partial charge is 0.287 e. The molecule has 1 atom stereocenters. The molecule has 192 valence electrons. The van der Waals surface area contributed by atoms with Gasteiger partial charge in [0.05, 0.1) is 6.04 Å². The van der Waals surface area contributed by atoms with Crippen LogP contribution in [0.1, 0.15) is 59.8 Å². The second-order valence-corrected chi connectivity index (χ2v) is 9.95. The van der Waals surface area contributed by atoms with Gasteiger partial charge < -0.3 is 19.0 Å². The summed E-state index contributed by atoms with van der Waals surface area (Å²) in [6.07, 6.45) is 4.00. The summed E-state index contributed by atoms with van der Waals surface area (Å²) >= 11 is 0. The van der Waals surface area contributed by atoms with Crippen LogP contribution in [0.25, 0.3) is 5.69 Å². The molecule has 5 rings (SSSR count). The van der Waals surface area contributed by atoms with Crippen LogP contribution in [0.2, 0.25) is 0 Å². The van der Waals surface area contributed by atoms with E-state index in [2.05, 4.69) is 55.6 Å². The normalized spacial score (nSPS) is 12.2. The van der Waals surface area contributed by atoms with Gasteiger partial charge in [-0.15, -0.1) is 0 Å². The number of hydrogen-bond donors (Lipinski definition) is 1. The Bertz CT molecular complexity index is 1470. The van der Waals surface area contributed by atoms with Gasteiger partial charge in [-0.05, 0) is 72.1 Å². The summed E-state index contributed by atoms with van der Waals surface area (Å²) in [5, 5.41) is 3.01. The van der Waals surface area contributed by atoms with Gasteiger partial charge in [0, 0.05) is 23.5 Å². The van der Waals surface area contributed by atoms with Gasteiger partial charge in [-0.25, -0.2) is 0 Å². The molecule has 5 heteroatoms. The lowest BCUT2D eigenvalue weighted by atomic mass is 9.78. The molecule has 0 fully saturated rings. The molecule has 2 aromatic heterocycles. The average molecular weight is 505 g/mol. The summed E-state index contributed by atoms with van der Waals surface area (Å²) in [7, 11) is 0. The first-order valence-electron chi connectivity index (χ1n) is 12.8. The number of rotatable bonds is 9. The maximum Gasteiger partial charge on any atom is 0.287 e. The highest BCUT2D eigenvalue weighted by Gasteiger charge is 2.22. The van der Waals surface area contributed by atoms with Gasteiger partial charge in [0.25, 0.3) is 5.91 Å². The maximum atomic E-state index is 12.8. The summed E-state index contributed by atoms with van der Waals surface area (Å²) in [4.78, 5) is 12.8. The SMILES string of the molecule is CC(NC(=O)c1ccc(COc2ccc(C(C)(C)c3ccccc3)cc2)o1)c1ccc(-n2cccc2)cc1. The fourth-order valence-electron chi connectivity index (χ4n) is 4.51. The van der Waals surface area contributed by atoms with Crippen LogP contribution < -0.4 is 10.1 Å². The summed E-state index contributed by atoms with van der Waals surface area (Å²) in [6, 6.07) is 34.0. The Balaban J connectivity index is 1.15. The van der Waals surface area contributed by atoms with Crippen molar-refractivity contribution in [2.75, 3.05) is 0 Å². The van der Waals surface area contributed by atoms with E-state index in [0.29, 0.717) is 5.76 Å². The standard InChI is InChI=1S/C33H32N2O3/c1-24(25-11-15-28(16-12-25)35-21-7-8-22-35)34-32(36)31-20-19-30(38-31)23-37-29-17-13-27(14-18-29)33(2,3)26-9-5-4-6-10-26/h4-22,24H,23H2,1-3H3,(H,34,36). The van der Waals surface area contributed by atoms with E-state index in [1.807, 2.05) is 78.5 Å². The van der Waals surface area contributed by atoms with Crippen LogP contribution in [-0.2, 0) is 12.0 Å². The molecule has 0 saturated carbocycles. The maximum absolute atomic E-state index is 12.8. The Labute approximate surface area is 223 Å². The number of hydrogen-bond acceptors (Lipinski definition) is 3. The van der Waals surface area contributed by atoms with Crippen LogP contribution in [-0.4, -0.2) is 10.5 Å². The topological polar surface area (TPSA) is 56.4 Å². The Morgan fingerprint density at radius 1 is 0.842 bits per heavy atom. The molecule has 0 aliphatic heterocycles. The molecular weight excluding hydrogens is 472 g/mol. The van der Waals surface area contributed by atoms with E-state index in [0.717, 1.165) is 17.0 Å². The molecule has 2 heterocycles. The van der Waals surface area contributed by atoms with Crippen LogP contribution in [0.5, 0.6) is 5.75 Å². The number of amides is 1. The number of furan rings is 1. The van der Waals surface area contributed by atoms with Crippen molar-refractivity contribution in [1.82, 2.24) is 9.88 Å². The zero-order valence-electron chi connectivity index (χ0n) is 21.9. The largest absolute Gasteiger partial charge is 0.486 e. The third-order valence-electron chi connectivity index (χ3n) is 6.98. The van der Waals surface area contributed by atoms with E-state index in [-0.39, 0.29) is 29.7 Å². The first-order chi connectivity index (χ1) is 18.4. The van der Waals surface area contributed by atoms with Gasteiger partial charge in [0.15, 0.2) is 5.76 Å². The summed E-state index contributed by atoms with van der Waals surface area (Å²) in [5.41, 5.74) is 4.45. The highest BCUT2D eigenvalue weighted by molar-refractivity contribution is 5.91. The lowest BCUT2D eigenvalue weighted by molar-refractivity contribution is 0.0907. The van der Waals surface area contributed by atoms with Crippen molar-refractivity contribution >= 4 is 5.91 Å². The Hall–Kier alpha value is -4.51. The fraction of sp³-hybridized carbons (Fsp3) is 0.182. The van der Waals surface area contributed by atoms with Crippen molar-refractivity contribution in [3.05, 3.63) is 144 Å². The highest BCUT2D eigenvalue weighted by Crippen LogP contribution is 2.32. The van der Waals surface area contributed by atoms with Gasteiger partial charge in [0.1, 0.15) is 18.1 Å². The summed E-state index contributed by atoms with van der Waals surface area (Å²) < 4.78 is 13.7. The first-order valence-corrected chi connectivity index (χ1v) is 12.8. The predicted octanol–water partition coefficient (Wildman–Crippen LogP) is 7.47. The number of carbonyl (C=O) groups is 1. The molecule has 0 bridgehead atoms. The molecule has 0 saturated heterocycles. The second-order valence-electron chi connectivity index (χ2n) is 9.95. The molecule has 1 amide bonds. The lowest BCUT2D eigenvalue weighted by Gasteiger charge is -2.26. The minimum Gasteiger partial charge on any atom is -0.486 e. The molecule has 5 aromatic rings. The quantitative estimate of drug-likeness (QED) is 0.227. The Kier molecular flexibility index (Phi) is 7.18. The molecule has 0 radical (unpaired) electrons. The van der Waals surface area contributed by atoms with E-state index in [4.69, 9.17) is 9.15 Å². The van der Waals surface area contributed by atoms with Crippen LogP contribution in [0.3, 0.4) is 0 Å². The molecule has 0 spiro atoms. The number of aromatic nitrogens is 1. The number of carbonyl (C=O) groups excluding carboxylic acids is 1. The number of nitrogens with zero attached hydrogens (tertiary/aromatic N) is 1. The van der Waals surface area contributed by atoms with E-state index in [1.165, 1.54) is 11.1 Å². The zero-order valence-corrected chi connectivity index (χ0v) is 21.9. The molecule has 1 N–H and O–H groups in total. The van der Waals surface area contributed by atoms with Crippen LogP contribution in [0.4, 0.5) is 0 Å². The van der Waals surface area contributed by atoms with E-state index >= 15 is 0 Å². The van der Waals surface area contributed by atoms with Crippen molar-refractivity contribution in [3.63, 3.8) is 0 Å². The molecule has 5 nitrogen and oxygen atoms in total. The van der Waals surface area contributed by atoms with E-state index in [1.54, 1.807) is 12.1 Å². The van der Waals surface area contributed by atoms with Crippen molar-refractivity contribution in [1.29, 1.82) is 0 Å². The molecule has 1 unspecified atom stereocenters. The summed E-state index contributed by atoms with van der Waals surface area (Å²) in [5.74, 6) is 1.34. The predicted molar refractivity (Wildman–Crippen MR) is 150 cm³/mol. The Morgan fingerprint density at radius 3 is 2.18 bits per heavy atom. The van der Waals surface area contributed by atoms with Crippen molar-refractivity contribution in [2.45, 2.75) is 38.8 Å². The van der Waals surface area contributed by atoms with Crippen LogP contribution >= 0.6 is 0 Å². The van der Waals surface area contributed by atoms with Gasteiger partial charge >= 0.3 is 0 Å². The molecule has 0 aliphatic rings. The number of benzene rings is 3. The second kappa shape index (κ2) is 10.9. The third kappa shape index (κ3) is 5.57. The number of nitrogens with one attached hydrogen (secondary N) is 1. The number of ether oxygens (including phenoxy) is 1. The van der Waals surface area contributed by atoms with Crippen LogP contribution in [0.15, 0.2) is 120 Å². The van der Waals surface area contributed by atoms with Crippen molar-refractivity contribution in [2.24, 2.45) is 0 Å². The van der Waals surface area contributed by atoms with Gasteiger partial charge in [-0.1, -0.05) is 68.4 Å². The first kappa shape index (κ1) is 25.2. The van der Waals surface area contributed by atoms with Gasteiger partial charge in [-0.3, -0.25) is 4.79 Å². The molecular formula is C33H32N2O3. The minimum atomic E-state index is -0.259.